The highest BCUT2D eigenvalue weighted by atomic mass is 16.6. The Morgan fingerprint density at radius 3 is 1.76 bits per heavy atom. The Morgan fingerprint density at radius 2 is 1.40 bits per heavy atom. The smallest absolute Gasteiger partial charge is 0.334 e. The van der Waals surface area contributed by atoms with Gasteiger partial charge < -0.3 is 9.84 Å². The van der Waals surface area contributed by atoms with Gasteiger partial charge in [0.1, 0.15) is 5.60 Å². The molecule has 0 amide bonds. The van der Waals surface area contributed by atoms with Crippen molar-refractivity contribution in [3.05, 3.63) is 71.8 Å². The quantitative estimate of drug-likeness (QED) is 0.669. The van der Waals surface area contributed by atoms with Gasteiger partial charge >= 0.3 is 5.97 Å². The van der Waals surface area contributed by atoms with Gasteiger partial charge in [-0.3, -0.25) is 4.99 Å². The number of benzene rings is 2. The third kappa shape index (κ3) is 5.54. The molecule has 132 valence electrons. The second-order valence-corrected chi connectivity index (χ2v) is 6.93. The van der Waals surface area contributed by atoms with Crippen LogP contribution < -0.4 is 0 Å². The molecule has 0 saturated heterocycles. The van der Waals surface area contributed by atoms with E-state index in [9.17, 15) is 9.90 Å². The number of nitrogens with zero attached hydrogens (tertiary/aromatic N) is 1. The van der Waals surface area contributed by atoms with Crippen LogP contribution in [0.5, 0.6) is 0 Å². The van der Waals surface area contributed by atoms with Crippen LogP contribution in [0, 0.1) is 0 Å². The maximum atomic E-state index is 12.5. The van der Waals surface area contributed by atoms with E-state index in [1.165, 1.54) is 0 Å². The number of ether oxygens (including phenoxy) is 1. The summed E-state index contributed by atoms with van der Waals surface area (Å²) in [4.78, 5) is 17.1. The van der Waals surface area contributed by atoms with E-state index in [0.717, 1.165) is 11.1 Å². The normalized spacial score (nSPS) is 13.6. The highest BCUT2D eigenvalue weighted by Crippen LogP contribution is 2.16. The zero-order chi connectivity index (χ0) is 18.4. The Bertz CT molecular complexity index is 674. The number of aliphatic hydroxyl groups is 1. The van der Waals surface area contributed by atoms with Gasteiger partial charge in [-0.25, -0.2) is 4.79 Å². The summed E-state index contributed by atoms with van der Waals surface area (Å²) in [6.07, 6.45) is -0.961. The van der Waals surface area contributed by atoms with Gasteiger partial charge in [-0.15, -0.1) is 0 Å². The molecule has 2 unspecified atom stereocenters. The van der Waals surface area contributed by atoms with Crippen molar-refractivity contribution in [2.24, 2.45) is 4.99 Å². The van der Waals surface area contributed by atoms with E-state index in [1.54, 1.807) is 27.7 Å². The lowest BCUT2D eigenvalue weighted by atomic mass is 10.0. The SMILES string of the molecule is CC(O)C(N=C(c1ccccc1)c1ccccc1)C(=O)OC(C)(C)C. The summed E-state index contributed by atoms with van der Waals surface area (Å²) in [7, 11) is 0. The van der Waals surface area contributed by atoms with Gasteiger partial charge in [0.05, 0.1) is 11.8 Å². The summed E-state index contributed by atoms with van der Waals surface area (Å²) in [5.41, 5.74) is 1.77. The second-order valence-electron chi connectivity index (χ2n) is 6.93. The summed E-state index contributed by atoms with van der Waals surface area (Å²) in [5.74, 6) is -0.535. The molecule has 0 heterocycles. The molecule has 2 aromatic carbocycles. The van der Waals surface area contributed by atoms with Crippen molar-refractivity contribution in [2.45, 2.75) is 45.4 Å². The number of esters is 1. The third-order valence-electron chi connectivity index (χ3n) is 3.47. The third-order valence-corrected chi connectivity index (χ3v) is 3.47. The fraction of sp³-hybridized carbons (Fsp3) is 0.333. The lowest BCUT2D eigenvalue weighted by Gasteiger charge is -2.24. The fourth-order valence-electron chi connectivity index (χ4n) is 2.37. The van der Waals surface area contributed by atoms with E-state index < -0.39 is 23.7 Å². The Labute approximate surface area is 149 Å². The van der Waals surface area contributed by atoms with E-state index in [2.05, 4.69) is 4.99 Å². The minimum atomic E-state index is -0.991. The summed E-state index contributed by atoms with van der Waals surface area (Å²) in [6, 6.07) is 18.2. The predicted octanol–water partition coefficient (Wildman–Crippen LogP) is 3.62. The molecule has 1 N–H and O–H groups in total. The van der Waals surface area contributed by atoms with Crippen LogP contribution in [0.15, 0.2) is 65.7 Å². The van der Waals surface area contributed by atoms with Gasteiger partial charge in [0.2, 0.25) is 0 Å². The first-order valence-electron chi connectivity index (χ1n) is 8.37. The van der Waals surface area contributed by atoms with Gasteiger partial charge in [-0.2, -0.15) is 0 Å². The maximum Gasteiger partial charge on any atom is 0.334 e. The molecule has 2 atom stereocenters. The molecule has 0 spiro atoms. The number of hydrogen-bond acceptors (Lipinski definition) is 4. The minimum Gasteiger partial charge on any atom is -0.458 e. The van der Waals surface area contributed by atoms with Gasteiger partial charge in [0, 0.05) is 11.1 Å². The van der Waals surface area contributed by atoms with E-state index >= 15 is 0 Å². The van der Waals surface area contributed by atoms with Crippen LogP contribution in [0.25, 0.3) is 0 Å². The van der Waals surface area contributed by atoms with Crippen LogP contribution in [0.4, 0.5) is 0 Å². The number of carbonyl (C=O) groups is 1. The maximum absolute atomic E-state index is 12.5. The molecule has 0 aromatic heterocycles. The lowest BCUT2D eigenvalue weighted by molar-refractivity contribution is -0.158. The molecule has 0 aliphatic carbocycles. The number of aliphatic imine (C=N–C) groups is 1. The molecule has 25 heavy (non-hydrogen) atoms. The van der Waals surface area contributed by atoms with Crippen LogP contribution >= 0.6 is 0 Å². The molecule has 4 heteroatoms. The minimum absolute atomic E-state index is 0.535. The predicted molar refractivity (Wildman–Crippen MR) is 99.8 cm³/mol. The van der Waals surface area contributed by atoms with Crippen molar-refractivity contribution in [1.82, 2.24) is 0 Å². The van der Waals surface area contributed by atoms with E-state index in [1.807, 2.05) is 60.7 Å². The van der Waals surface area contributed by atoms with E-state index in [0.29, 0.717) is 5.71 Å². The average Bonchev–Trinajstić information content (AvgIpc) is 2.55. The molecule has 4 nitrogen and oxygen atoms in total. The lowest BCUT2D eigenvalue weighted by Crippen LogP contribution is -2.37. The van der Waals surface area contributed by atoms with Crippen molar-refractivity contribution in [3.63, 3.8) is 0 Å². The second kappa shape index (κ2) is 8.08. The molecule has 0 fully saturated rings. The Kier molecular flexibility index (Phi) is 6.10. The van der Waals surface area contributed by atoms with Gasteiger partial charge in [0.15, 0.2) is 6.04 Å². The molecule has 0 radical (unpaired) electrons. The molecular weight excluding hydrogens is 314 g/mol. The molecule has 2 rings (SSSR count). The summed E-state index contributed by atoms with van der Waals surface area (Å²) in [6.45, 7) is 6.93. The monoisotopic (exact) mass is 339 g/mol. The topological polar surface area (TPSA) is 58.9 Å². The Balaban J connectivity index is 2.48. The highest BCUT2D eigenvalue weighted by molar-refractivity contribution is 6.13. The van der Waals surface area contributed by atoms with Crippen LogP contribution in [-0.2, 0) is 9.53 Å². The number of aliphatic hydroxyl groups excluding tert-OH is 1. The van der Waals surface area contributed by atoms with E-state index in [-0.39, 0.29) is 0 Å². The Hall–Kier alpha value is -2.46. The average molecular weight is 339 g/mol. The summed E-state index contributed by atoms with van der Waals surface area (Å²) < 4.78 is 5.43. The Morgan fingerprint density at radius 1 is 0.960 bits per heavy atom. The van der Waals surface area contributed by atoms with Gasteiger partial charge in [-0.1, -0.05) is 60.7 Å². The molecular formula is C21H25NO3. The van der Waals surface area contributed by atoms with Crippen molar-refractivity contribution in [1.29, 1.82) is 0 Å². The molecule has 2 aromatic rings. The standard InChI is InChI=1S/C21H25NO3/c1-15(23)18(20(24)25-21(2,3)4)22-19(16-11-7-5-8-12-16)17-13-9-6-10-14-17/h5-15,18,23H,1-4H3. The highest BCUT2D eigenvalue weighted by Gasteiger charge is 2.29. The molecule has 0 bridgehead atoms. The first-order chi connectivity index (χ1) is 11.8. The largest absolute Gasteiger partial charge is 0.458 e. The molecule has 0 aliphatic heterocycles. The van der Waals surface area contributed by atoms with Crippen molar-refractivity contribution in [3.8, 4) is 0 Å². The zero-order valence-electron chi connectivity index (χ0n) is 15.1. The van der Waals surface area contributed by atoms with E-state index in [4.69, 9.17) is 4.74 Å². The van der Waals surface area contributed by atoms with Crippen molar-refractivity contribution >= 4 is 11.7 Å². The molecule has 0 saturated carbocycles. The van der Waals surface area contributed by atoms with Crippen molar-refractivity contribution < 1.29 is 14.6 Å². The van der Waals surface area contributed by atoms with Gasteiger partial charge in [0.25, 0.3) is 0 Å². The number of hydrogen-bond donors (Lipinski definition) is 1. The first-order valence-corrected chi connectivity index (χ1v) is 8.37. The zero-order valence-corrected chi connectivity index (χ0v) is 15.1. The van der Waals surface area contributed by atoms with Crippen LogP contribution in [0.2, 0.25) is 0 Å². The van der Waals surface area contributed by atoms with Crippen molar-refractivity contribution in [2.75, 3.05) is 0 Å². The van der Waals surface area contributed by atoms with Crippen LogP contribution in [-0.4, -0.2) is 34.5 Å². The number of rotatable bonds is 5. The number of carbonyl (C=O) groups excluding carboxylic acids is 1. The summed E-state index contributed by atoms with van der Waals surface area (Å²) >= 11 is 0. The first kappa shape index (κ1) is 18.9. The van der Waals surface area contributed by atoms with Crippen LogP contribution in [0.3, 0.4) is 0 Å². The summed E-state index contributed by atoms with van der Waals surface area (Å²) in [5, 5.41) is 10.1. The van der Waals surface area contributed by atoms with Crippen LogP contribution in [0.1, 0.15) is 38.8 Å². The van der Waals surface area contributed by atoms with Gasteiger partial charge in [-0.05, 0) is 27.7 Å². The fourth-order valence-corrected chi connectivity index (χ4v) is 2.37. The molecule has 0 aliphatic rings.